The SMILES string of the molecule is CCNc1cnc(C(=O)N(CCO)C(CC)CC)cn1. The number of nitrogens with one attached hydrogen (secondary N) is 1. The summed E-state index contributed by atoms with van der Waals surface area (Å²) in [5.41, 5.74) is 0.312. The Morgan fingerprint density at radius 1 is 1.30 bits per heavy atom. The van der Waals surface area contributed by atoms with E-state index in [0.29, 0.717) is 18.1 Å². The van der Waals surface area contributed by atoms with Crippen molar-refractivity contribution in [3.63, 3.8) is 0 Å². The van der Waals surface area contributed by atoms with E-state index in [1.165, 1.54) is 6.20 Å². The van der Waals surface area contributed by atoms with Crippen LogP contribution in [-0.2, 0) is 0 Å². The first-order chi connectivity index (χ1) is 9.67. The van der Waals surface area contributed by atoms with Gasteiger partial charge in [0.1, 0.15) is 11.5 Å². The molecule has 1 rings (SSSR count). The third kappa shape index (κ3) is 4.16. The molecule has 2 N–H and O–H groups in total. The number of rotatable bonds is 8. The Morgan fingerprint density at radius 2 is 2.00 bits per heavy atom. The first-order valence-corrected chi connectivity index (χ1v) is 7.15. The zero-order valence-corrected chi connectivity index (χ0v) is 12.5. The Labute approximate surface area is 120 Å². The lowest BCUT2D eigenvalue weighted by molar-refractivity contribution is 0.0616. The molecular formula is C14H24N4O2. The molecule has 0 spiro atoms. The molecule has 1 aromatic heterocycles. The molecular weight excluding hydrogens is 256 g/mol. The van der Waals surface area contributed by atoms with Gasteiger partial charge in [-0.3, -0.25) is 4.79 Å². The van der Waals surface area contributed by atoms with Gasteiger partial charge in [0.25, 0.3) is 5.91 Å². The van der Waals surface area contributed by atoms with Crippen molar-refractivity contribution in [2.75, 3.05) is 25.0 Å². The molecule has 1 amide bonds. The predicted molar refractivity (Wildman–Crippen MR) is 78.7 cm³/mol. The number of aromatic nitrogens is 2. The van der Waals surface area contributed by atoms with E-state index in [1.807, 2.05) is 20.8 Å². The van der Waals surface area contributed by atoms with Crippen LogP contribution in [0.2, 0.25) is 0 Å². The second-order valence-electron chi connectivity index (χ2n) is 4.51. The van der Waals surface area contributed by atoms with Crippen LogP contribution in [0, 0.1) is 0 Å². The molecule has 112 valence electrons. The highest BCUT2D eigenvalue weighted by molar-refractivity contribution is 5.92. The summed E-state index contributed by atoms with van der Waals surface area (Å²) in [5.74, 6) is 0.476. The molecule has 0 aromatic carbocycles. The summed E-state index contributed by atoms with van der Waals surface area (Å²) in [6.45, 7) is 7.06. The van der Waals surface area contributed by atoms with Crippen molar-refractivity contribution in [2.45, 2.75) is 39.7 Å². The van der Waals surface area contributed by atoms with Crippen LogP contribution in [0.3, 0.4) is 0 Å². The number of aliphatic hydroxyl groups excluding tert-OH is 1. The molecule has 0 saturated heterocycles. The van der Waals surface area contributed by atoms with Gasteiger partial charge in [-0.25, -0.2) is 9.97 Å². The lowest BCUT2D eigenvalue weighted by Crippen LogP contribution is -2.42. The fourth-order valence-electron chi connectivity index (χ4n) is 2.15. The summed E-state index contributed by atoms with van der Waals surface area (Å²) >= 11 is 0. The van der Waals surface area contributed by atoms with Crippen LogP contribution in [0.25, 0.3) is 0 Å². The van der Waals surface area contributed by atoms with Crippen LogP contribution in [0.4, 0.5) is 5.82 Å². The zero-order chi connectivity index (χ0) is 15.0. The van der Waals surface area contributed by atoms with Crippen LogP contribution in [-0.4, -0.2) is 51.6 Å². The fraction of sp³-hybridized carbons (Fsp3) is 0.643. The highest BCUT2D eigenvalue weighted by Gasteiger charge is 2.23. The van der Waals surface area contributed by atoms with E-state index in [1.54, 1.807) is 11.1 Å². The smallest absolute Gasteiger partial charge is 0.274 e. The molecule has 0 fully saturated rings. The number of carbonyl (C=O) groups is 1. The van der Waals surface area contributed by atoms with Crippen molar-refractivity contribution in [1.29, 1.82) is 0 Å². The van der Waals surface area contributed by atoms with Crippen LogP contribution in [0.1, 0.15) is 44.1 Å². The highest BCUT2D eigenvalue weighted by Crippen LogP contribution is 2.12. The quantitative estimate of drug-likeness (QED) is 0.755. The molecule has 0 saturated carbocycles. The first kappa shape index (κ1) is 16.4. The number of nitrogens with zero attached hydrogens (tertiary/aromatic N) is 3. The molecule has 6 heteroatoms. The molecule has 6 nitrogen and oxygen atoms in total. The van der Waals surface area contributed by atoms with Crippen molar-refractivity contribution in [3.05, 3.63) is 18.1 Å². The first-order valence-electron chi connectivity index (χ1n) is 7.15. The maximum Gasteiger partial charge on any atom is 0.274 e. The molecule has 0 bridgehead atoms. The van der Waals surface area contributed by atoms with Gasteiger partial charge in [-0.15, -0.1) is 0 Å². The standard InChI is InChI=1S/C14H24N4O2/c1-4-11(5-2)18(7-8-19)14(20)12-9-17-13(10-16-12)15-6-3/h9-11,19H,4-8H2,1-3H3,(H,15,17). The van der Waals surface area contributed by atoms with Gasteiger partial charge >= 0.3 is 0 Å². The number of hydrogen-bond acceptors (Lipinski definition) is 5. The molecule has 1 heterocycles. The van der Waals surface area contributed by atoms with Crippen LogP contribution >= 0.6 is 0 Å². The van der Waals surface area contributed by atoms with E-state index >= 15 is 0 Å². The Morgan fingerprint density at radius 3 is 2.45 bits per heavy atom. The minimum Gasteiger partial charge on any atom is -0.395 e. The van der Waals surface area contributed by atoms with Crippen molar-refractivity contribution in [2.24, 2.45) is 0 Å². The minimum atomic E-state index is -0.178. The lowest BCUT2D eigenvalue weighted by atomic mass is 10.1. The average Bonchev–Trinajstić information content (AvgIpc) is 2.48. The third-order valence-electron chi connectivity index (χ3n) is 3.21. The normalized spacial score (nSPS) is 10.7. The number of carbonyl (C=O) groups excluding carboxylic acids is 1. The molecule has 0 aliphatic heterocycles. The Kier molecular flexibility index (Phi) is 6.93. The van der Waals surface area contributed by atoms with Crippen LogP contribution in [0.15, 0.2) is 12.4 Å². The predicted octanol–water partition coefficient (Wildman–Crippen LogP) is 1.53. The summed E-state index contributed by atoms with van der Waals surface area (Å²) in [7, 11) is 0. The minimum absolute atomic E-state index is 0.0505. The Hall–Kier alpha value is -1.69. The average molecular weight is 280 g/mol. The lowest BCUT2D eigenvalue weighted by Gasteiger charge is -2.29. The molecule has 0 atom stereocenters. The van der Waals surface area contributed by atoms with E-state index in [4.69, 9.17) is 5.11 Å². The summed E-state index contributed by atoms with van der Waals surface area (Å²) < 4.78 is 0. The molecule has 20 heavy (non-hydrogen) atoms. The van der Waals surface area contributed by atoms with E-state index in [2.05, 4.69) is 15.3 Å². The highest BCUT2D eigenvalue weighted by atomic mass is 16.3. The number of aliphatic hydroxyl groups is 1. The van der Waals surface area contributed by atoms with E-state index in [-0.39, 0.29) is 18.6 Å². The van der Waals surface area contributed by atoms with Gasteiger partial charge < -0.3 is 15.3 Å². The van der Waals surface area contributed by atoms with Crippen LogP contribution < -0.4 is 5.32 Å². The second kappa shape index (κ2) is 8.47. The van der Waals surface area contributed by atoms with Gasteiger partial charge in [0.15, 0.2) is 0 Å². The maximum atomic E-state index is 12.5. The molecule has 0 unspecified atom stereocenters. The monoisotopic (exact) mass is 280 g/mol. The number of amides is 1. The van der Waals surface area contributed by atoms with Crippen molar-refractivity contribution < 1.29 is 9.90 Å². The Balaban J connectivity index is 2.87. The summed E-state index contributed by atoms with van der Waals surface area (Å²) in [6, 6.07) is 0.116. The van der Waals surface area contributed by atoms with Gasteiger partial charge in [-0.1, -0.05) is 13.8 Å². The maximum absolute atomic E-state index is 12.5. The van der Waals surface area contributed by atoms with Crippen molar-refractivity contribution in [3.8, 4) is 0 Å². The molecule has 0 aliphatic carbocycles. The van der Waals surface area contributed by atoms with E-state index in [9.17, 15) is 4.79 Å². The second-order valence-corrected chi connectivity index (χ2v) is 4.51. The summed E-state index contributed by atoms with van der Waals surface area (Å²) in [4.78, 5) is 22.4. The van der Waals surface area contributed by atoms with Crippen molar-refractivity contribution in [1.82, 2.24) is 14.9 Å². The number of hydrogen-bond donors (Lipinski definition) is 2. The van der Waals surface area contributed by atoms with Crippen LogP contribution in [0.5, 0.6) is 0 Å². The molecule has 0 radical (unpaired) electrons. The van der Waals surface area contributed by atoms with E-state index in [0.717, 1.165) is 19.4 Å². The largest absolute Gasteiger partial charge is 0.395 e. The van der Waals surface area contributed by atoms with Gasteiger partial charge in [0.05, 0.1) is 19.0 Å². The zero-order valence-electron chi connectivity index (χ0n) is 12.5. The topological polar surface area (TPSA) is 78.4 Å². The van der Waals surface area contributed by atoms with Gasteiger partial charge in [-0.05, 0) is 19.8 Å². The van der Waals surface area contributed by atoms with Gasteiger partial charge in [0, 0.05) is 19.1 Å². The Bertz CT molecular complexity index is 404. The van der Waals surface area contributed by atoms with Gasteiger partial charge in [-0.2, -0.15) is 0 Å². The number of anilines is 1. The van der Waals surface area contributed by atoms with Gasteiger partial charge in [0.2, 0.25) is 0 Å². The summed E-state index contributed by atoms with van der Waals surface area (Å²) in [5, 5.41) is 12.2. The summed E-state index contributed by atoms with van der Waals surface area (Å²) in [6.07, 6.45) is 4.74. The molecule has 0 aliphatic rings. The molecule has 1 aromatic rings. The third-order valence-corrected chi connectivity index (χ3v) is 3.21. The fourth-order valence-corrected chi connectivity index (χ4v) is 2.15. The van der Waals surface area contributed by atoms with E-state index < -0.39 is 0 Å². The van der Waals surface area contributed by atoms with Crippen molar-refractivity contribution >= 4 is 11.7 Å².